The van der Waals surface area contributed by atoms with Crippen LogP contribution >= 0.6 is 11.3 Å². The number of thiophene rings is 1. The molecule has 1 fully saturated rings. The molecule has 0 spiro atoms. The molecule has 3 nitrogen and oxygen atoms in total. The van der Waals surface area contributed by atoms with Gasteiger partial charge in [-0.25, -0.2) is 0 Å². The van der Waals surface area contributed by atoms with Crippen LogP contribution in [0.5, 0.6) is 0 Å². The summed E-state index contributed by atoms with van der Waals surface area (Å²) in [6.45, 7) is 1.66. The van der Waals surface area contributed by atoms with Gasteiger partial charge in [0.15, 0.2) is 0 Å². The second-order valence-corrected chi connectivity index (χ2v) is 7.89. The summed E-state index contributed by atoms with van der Waals surface area (Å²) in [4.78, 5) is 16.4. The third-order valence-corrected chi connectivity index (χ3v) is 6.56. The van der Waals surface area contributed by atoms with Gasteiger partial charge in [-0.15, -0.1) is 11.3 Å². The van der Waals surface area contributed by atoms with Gasteiger partial charge in [0.1, 0.15) is 5.00 Å². The van der Waals surface area contributed by atoms with Crippen molar-refractivity contribution in [2.24, 2.45) is 5.92 Å². The van der Waals surface area contributed by atoms with Crippen molar-refractivity contribution in [1.82, 2.24) is 4.90 Å². The molecule has 2 aliphatic carbocycles. The first-order chi connectivity index (χ1) is 10.3. The summed E-state index contributed by atoms with van der Waals surface area (Å²) in [6.07, 6.45) is 11.5. The van der Waals surface area contributed by atoms with Crippen molar-refractivity contribution in [2.45, 2.75) is 57.8 Å². The lowest BCUT2D eigenvalue weighted by Gasteiger charge is -2.33. The van der Waals surface area contributed by atoms with Gasteiger partial charge in [-0.1, -0.05) is 19.3 Å². The summed E-state index contributed by atoms with van der Waals surface area (Å²) in [5, 5.41) is 4.66. The minimum atomic E-state index is 0.300. The molecule has 4 rings (SSSR count). The van der Waals surface area contributed by atoms with Crippen LogP contribution in [0.15, 0.2) is 0 Å². The lowest BCUT2D eigenvalue weighted by Crippen LogP contribution is -2.42. The zero-order valence-corrected chi connectivity index (χ0v) is 13.4. The maximum atomic E-state index is 12.9. The summed E-state index contributed by atoms with van der Waals surface area (Å²) in [5.74, 6) is 1.02. The summed E-state index contributed by atoms with van der Waals surface area (Å²) < 4.78 is 0. The summed E-state index contributed by atoms with van der Waals surface area (Å²) in [5.41, 5.74) is 2.39. The number of hydrogen-bond donors (Lipinski definition) is 1. The molecule has 2 heterocycles. The number of nitrogens with zero attached hydrogens (tertiary/aromatic N) is 1. The molecule has 1 N–H and O–H groups in total. The molecular weight excluding hydrogens is 280 g/mol. The van der Waals surface area contributed by atoms with Crippen LogP contribution < -0.4 is 5.32 Å². The van der Waals surface area contributed by atoms with E-state index in [-0.39, 0.29) is 0 Å². The maximum Gasteiger partial charge on any atom is 0.258 e. The van der Waals surface area contributed by atoms with Gasteiger partial charge in [0.2, 0.25) is 0 Å². The molecule has 0 saturated heterocycles. The van der Waals surface area contributed by atoms with E-state index in [1.807, 2.05) is 11.3 Å². The monoisotopic (exact) mass is 304 g/mol. The fraction of sp³-hybridized carbons (Fsp3) is 0.706. The van der Waals surface area contributed by atoms with Crippen molar-refractivity contribution in [3.05, 3.63) is 16.0 Å². The van der Waals surface area contributed by atoms with E-state index in [4.69, 9.17) is 0 Å². The number of aryl methyl sites for hydroxylation is 1. The Hall–Kier alpha value is -1.03. The number of carbonyl (C=O) groups excluding carboxylic acids is 1. The highest BCUT2D eigenvalue weighted by molar-refractivity contribution is 7.16. The number of carbonyl (C=O) groups is 1. The first kappa shape index (κ1) is 13.6. The number of nitrogens with one attached hydrogen (secondary N) is 1. The molecule has 1 aliphatic heterocycles. The molecule has 4 heteroatoms. The summed E-state index contributed by atoms with van der Waals surface area (Å²) >= 11 is 1.83. The van der Waals surface area contributed by atoms with Gasteiger partial charge in [0, 0.05) is 11.4 Å². The number of hydrogen-bond acceptors (Lipinski definition) is 3. The molecule has 3 aliphatic rings. The average molecular weight is 304 g/mol. The molecule has 1 aromatic rings. The number of rotatable bonds is 2. The second kappa shape index (κ2) is 5.64. The largest absolute Gasteiger partial charge is 0.359 e. The third kappa shape index (κ3) is 2.48. The van der Waals surface area contributed by atoms with E-state index in [1.54, 1.807) is 0 Å². The molecule has 1 aromatic heterocycles. The fourth-order valence-corrected chi connectivity index (χ4v) is 5.41. The van der Waals surface area contributed by atoms with E-state index in [0.717, 1.165) is 29.4 Å². The Morgan fingerprint density at radius 2 is 1.90 bits per heavy atom. The molecule has 0 radical (unpaired) electrons. The SMILES string of the molecule is O=C1c2c(sc3c2CCCC3)NCN1CC1CCCCC1. The molecule has 0 atom stereocenters. The number of fused-ring (bicyclic) bond motifs is 3. The van der Waals surface area contributed by atoms with E-state index in [2.05, 4.69) is 10.2 Å². The lowest BCUT2D eigenvalue weighted by atomic mass is 9.88. The van der Waals surface area contributed by atoms with Crippen LogP contribution in [0.25, 0.3) is 0 Å². The van der Waals surface area contributed by atoms with Crippen molar-refractivity contribution in [3.8, 4) is 0 Å². The topological polar surface area (TPSA) is 32.3 Å². The average Bonchev–Trinajstić information content (AvgIpc) is 2.90. The fourth-order valence-electron chi connectivity index (χ4n) is 4.14. The van der Waals surface area contributed by atoms with Gasteiger partial charge in [0.25, 0.3) is 5.91 Å². The van der Waals surface area contributed by atoms with Crippen LogP contribution in [0.1, 0.15) is 65.7 Å². The number of amides is 1. The highest BCUT2D eigenvalue weighted by Gasteiger charge is 2.32. The van der Waals surface area contributed by atoms with Crippen molar-refractivity contribution in [3.63, 3.8) is 0 Å². The Morgan fingerprint density at radius 3 is 2.76 bits per heavy atom. The quantitative estimate of drug-likeness (QED) is 0.894. The van der Waals surface area contributed by atoms with Gasteiger partial charge in [-0.2, -0.15) is 0 Å². The van der Waals surface area contributed by atoms with Gasteiger partial charge >= 0.3 is 0 Å². The zero-order chi connectivity index (χ0) is 14.2. The zero-order valence-electron chi connectivity index (χ0n) is 12.6. The van der Waals surface area contributed by atoms with Crippen LogP contribution in [0.3, 0.4) is 0 Å². The molecule has 114 valence electrons. The Bertz CT molecular complexity index is 545. The van der Waals surface area contributed by atoms with Crippen molar-refractivity contribution in [2.75, 3.05) is 18.5 Å². The van der Waals surface area contributed by atoms with E-state index in [9.17, 15) is 4.79 Å². The van der Waals surface area contributed by atoms with E-state index >= 15 is 0 Å². The van der Waals surface area contributed by atoms with Crippen molar-refractivity contribution in [1.29, 1.82) is 0 Å². The van der Waals surface area contributed by atoms with E-state index in [0.29, 0.717) is 12.6 Å². The first-order valence-electron chi connectivity index (χ1n) is 8.50. The Morgan fingerprint density at radius 1 is 1.10 bits per heavy atom. The van der Waals surface area contributed by atoms with Crippen molar-refractivity contribution >= 4 is 22.2 Å². The van der Waals surface area contributed by atoms with Crippen LogP contribution in [0.2, 0.25) is 0 Å². The van der Waals surface area contributed by atoms with Crippen LogP contribution in [-0.2, 0) is 12.8 Å². The van der Waals surface area contributed by atoms with Gasteiger partial charge < -0.3 is 10.2 Å². The maximum absolute atomic E-state index is 12.9. The van der Waals surface area contributed by atoms with Crippen LogP contribution in [0.4, 0.5) is 5.00 Å². The highest BCUT2D eigenvalue weighted by Crippen LogP contribution is 2.40. The lowest BCUT2D eigenvalue weighted by molar-refractivity contribution is 0.0717. The van der Waals surface area contributed by atoms with Gasteiger partial charge in [0.05, 0.1) is 12.2 Å². The smallest absolute Gasteiger partial charge is 0.258 e. The Kier molecular flexibility index (Phi) is 3.66. The van der Waals surface area contributed by atoms with Crippen LogP contribution in [-0.4, -0.2) is 24.0 Å². The molecule has 0 unspecified atom stereocenters. The van der Waals surface area contributed by atoms with Crippen LogP contribution in [0, 0.1) is 5.92 Å². The van der Waals surface area contributed by atoms with E-state index in [1.165, 1.54) is 61.8 Å². The molecule has 0 bridgehead atoms. The van der Waals surface area contributed by atoms with Gasteiger partial charge in [-0.3, -0.25) is 4.79 Å². The highest BCUT2D eigenvalue weighted by atomic mass is 32.1. The first-order valence-corrected chi connectivity index (χ1v) is 9.32. The minimum Gasteiger partial charge on any atom is -0.359 e. The third-order valence-electron chi connectivity index (χ3n) is 5.31. The number of anilines is 1. The summed E-state index contributed by atoms with van der Waals surface area (Å²) in [6, 6.07) is 0. The predicted octanol–water partition coefficient (Wildman–Crippen LogP) is 4.03. The normalized spacial score (nSPS) is 22.7. The molecular formula is C17H24N2OS. The summed E-state index contributed by atoms with van der Waals surface area (Å²) in [7, 11) is 0. The molecule has 0 aromatic carbocycles. The predicted molar refractivity (Wildman–Crippen MR) is 87.1 cm³/mol. The second-order valence-electron chi connectivity index (χ2n) is 6.78. The van der Waals surface area contributed by atoms with Gasteiger partial charge in [-0.05, 0) is 50.0 Å². The Labute approximate surface area is 130 Å². The minimum absolute atomic E-state index is 0.300. The van der Waals surface area contributed by atoms with E-state index < -0.39 is 0 Å². The standard InChI is InChI=1S/C17H24N2OS/c20-17-15-13-8-4-5-9-14(13)21-16(15)18-11-19(17)10-12-6-2-1-3-7-12/h12,18H,1-11H2. The van der Waals surface area contributed by atoms with Crippen molar-refractivity contribution < 1.29 is 4.79 Å². The molecule has 1 saturated carbocycles. The molecule has 1 amide bonds. The molecule has 21 heavy (non-hydrogen) atoms. The Balaban J connectivity index is 1.55.